The van der Waals surface area contributed by atoms with Crippen LogP contribution in [0.5, 0.6) is 0 Å². The van der Waals surface area contributed by atoms with E-state index in [0.29, 0.717) is 43.0 Å². The molecule has 3 aromatic heterocycles. The van der Waals surface area contributed by atoms with Gasteiger partial charge in [-0.1, -0.05) is 6.92 Å². The zero-order chi connectivity index (χ0) is 37.6. The number of pyridine rings is 2. The van der Waals surface area contributed by atoms with E-state index in [-0.39, 0.29) is 28.2 Å². The maximum absolute atomic E-state index is 15.7. The number of benzene rings is 1. The van der Waals surface area contributed by atoms with Gasteiger partial charge in [-0.05, 0) is 45.0 Å². The third kappa shape index (κ3) is 7.82. The monoisotopic (exact) mass is 747 g/mol. The van der Waals surface area contributed by atoms with Gasteiger partial charge < -0.3 is 19.1 Å². The third-order valence-electron chi connectivity index (χ3n) is 8.27. The van der Waals surface area contributed by atoms with Gasteiger partial charge in [0.1, 0.15) is 27.8 Å². The molecule has 1 amide bonds. The molecule has 1 aliphatic rings. The molecule has 5 rings (SSSR count). The van der Waals surface area contributed by atoms with Gasteiger partial charge in [0.05, 0.1) is 11.3 Å². The molecular weight excluding hydrogens is 709 g/mol. The highest BCUT2D eigenvalue weighted by Gasteiger charge is 2.30. The number of nitrogens with zero attached hydrogens (tertiary/aromatic N) is 6. The highest BCUT2D eigenvalue weighted by Crippen LogP contribution is 2.33. The van der Waals surface area contributed by atoms with Crippen LogP contribution in [-0.4, -0.2) is 104 Å². The predicted octanol–water partition coefficient (Wildman–Crippen LogP) is 4.21. The van der Waals surface area contributed by atoms with Gasteiger partial charge >= 0.3 is 16.3 Å². The largest absolute Gasteiger partial charge is 0.444 e. The lowest BCUT2D eigenvalue weighted by Gasteiger charge is -2.36. The average molecular weight is 748 g/mol. The normalized spacial score (nSPS) is 14.3. The van der Waals surface area contributed by atoms with Crippen molar-refractivity contribution in [1.29, 1.82) is 0 Å². The first kappa shape index (κ1) is 37.6. The molecule has 0 spiro atoms. The molecule has 1 aromatic carbocycles. The summed E-state index contributed by atoms with van der Waals surface area (Å²) in [6.45, 7) is 8.16. The first-order valence-electron chi connectivity index (χ1n) is 15.9. The van der Waals surface area contributed by atoms with Crippen LogP contribution < -0.4 is 9.62 Å². The second-order valence-corrected chi connectivity index (χ2v) is 16.9. The summed E-state index contributed by atoms with van der Waals surface area (Å²) in [4.78, 5) is 38.5. The number of aromatic nitrogens is 3. The Morgan fingerprint density at radius 3 is 2.24 bits per heavy atom. The molecule has 1 fully saturated rings. The number of amides is 1. The standard InChI is InChI=1S/C33H39F2N7O7S2/c1-8-40(6)51(47,48)38-25-10-9-24(34)27(28(25)35)29(43)23-19-39(5)30-22(23)15-20(17-36-30)21-16-26(50(7,45)46)31(37-18-21)41-11-13-42(14-12-41)32(44)49-33(2,3)4/h9-10,15-19,38H,8,11-14H2,1-7H3. The molecule has 0 radical (unpaired) electrons. The van der Waals surface area contributed by atoms with Crippen molar-refractivity contribution in [3.63, 3.8) is 0 Å². The average Bonchev–Trinajstić information content (AvgIpc) is 3.39. The van der Waals surface area contributed by atoms with E-state index in [4.69, 9.17) is 4.74 Å². The zero-order valence-electron chi connectivity index (χ0n) is 29.2. The molecular formula is C33H39F2N7O7S2. The van der Waals surface area contributed by atoms with Crippen LogP contribution in [0, 0.1) is 11.6 Å². The number of sulfone groups is 1. The van der Waals surface area contributed by atoms with Crippen LogP contribution in [0.2, 0.25) is 0 Å². The summed E-state index contributed by atoms with van der Waals surface area (Å²) in [7, 11) is -5.15. The number of hydrogen-bond donors (Lipinski definition) is 1. The molecule has 0 aliphatic carbocycles. The van der Waals surface area contributed by atoms with Gasteiger partial charge in [-0.15, -0.1) is 0 Å². The van der Waals surface area contributed by atoms with Crippen LogP contribution in [0.25, 0.3) is 22.2 Å². The van der Waals surface area contributed by atoms with Crippen molar-refractivity contribution in [3.05, 3.63) is 65.6 Å². The summed E-state index contributed by atoms with van der Waals surface area (Å²) in [5.41, 5.74) is -1.36. The van der Waals surface area contributed by atoms with E-state index in [9.17, 15) is 26.4 Å². The van der Waals surface area contributed by atoms with Crippen LogP contribution in [0.15, 0.2) is 47.8 Å². The number of halogens is 2. The van der Waals surface area contributed by atoms with Crippen LogP contribution in [0.1, 0.15) is 43.6 Å². The van der Waals surface area contributed by atoms with Crippen molar-refractivity contribution in [2.75, 3.05) is 55.6 Å². The third-order valence-corrected chi connectivity index (χ3v) is 10.9. The van der Waals surface area contributed by atoms with E-state index >= 15 is 8.78 Å². The molecule has 14 nitrogen and oxygen atoms in total. The molecule has 4 heterocycles. The number of anilines is 2. The Morgan fingerprint density at radius 1 is 1.00 bits per heavy atom. The zero-order valence-corrected chi connectivity index (χ0v) is 30.8. The summed E-state index contributed by atoms with van der Waals surface area (Å²) in [6.07, 6.45) is 4.86. The number of hydrogen-bond acceptors (Lipinski definition) is 10. The Hall–Kier alpha value is -4.68. The Bertz CT molecular complexity index is 2250. The van der Waals surface area contributed by atoms with E-state index in [1.807, 2.05) is 4.72 Å². The van der Waals surface area contributed by atoms with Crippen molar-refractivity contribution < 1.29 is 39.9 Å². The lowest BCUT2D eigenvalue weighted by molar-refractivity contribution is 0.0240. The summed E-state index contributed by atoms with van der Waals surface area (Å²) >= 11 is 0. The van der Waals surface area contributed by atoms with Gasteiger partial charge in [0, 0.05) is 93.7 Å². The Balaban J connectivity index is 1.49. The Kier molecular flexibility index (Phi) is 10.2. The number of rotatable bonds is 9. The Labute approximate surface area is 295 Å². The van der Waals surface area contributed by atoms with Crippen LogP contribution in [-0.2, 0) is 31.8 Å². The molecule has 0 unspecified atom stereocenters. The van der Waals surface area contributed by atoms with Gasteiger partial charge in [0.2, 0.25) is 5.78 Å². The molecule has 18 heteroatoms. The smallest absolute Gasteiger partial charge is 0.410 e. The van der Waals surface area contributed by atoms with Gasteiger partial charge in [0.25, 0.3) is 0 Å². The Morgan fingerprint density at radius 2 is 1.63 bits per heavy atom. The molecule has 0 atom stereocenters. The second-order valence-electron chi connectivity index (χ2n) is 13.2. The van der Waals surface area contributed by atoms with Crippen LogP contribution in [0.4, 0.5) is 25.1 Å². The number of carbonyl (C=O) groups excluding carboxylic acids is 2. The van der Waals surface area contributed by atoms with E-state index in [2.05, 4.69) is 9.97 Å². The molecule has 51 heavy (non-hydrogen) atoms. The number of carbonyl (C=O) groups is 2. The molecule has 1 saturated heterocycles. The molecule has 1 N–H and O–H groups in total. The van der Waals surface area contributed by atoms with Crippen molar-refractivity contribution in [1.82, 2.24) is 23.7 Å². The second kappa shape index (κ2) is 13.8. The number of piperazine rings is 1. The van der Waals surface area contributed by atoms with Crippen molar-refractivity contribution >= 4 is 54.5 Å². The van der Waals surface area contributed by atoms with E-state index in [1.165, 1.54) is 42.3 Å². The summed E-state index contributed by atoms with van der Waals surface area (Å²) in [5.74, 6) is -3.44. The fourth-order valence-corrected chi connectivity index (χ4v) is 7.28. The number of nitrogens with one attached hydrogen (secondary N) is 1. The fourth-order valence-electron chi connectivity index (χ4n) is 5.49. The lowest BCUT2D eigenvalue weighted by Crippen LogP contribution is -2.50. The number of ketones is 1. The maximum Gasteiger partial charge on any atom is 0.410 e. The summed E-state index contributed by atoms with van der Waals surface area (Å²) < 4.78 is 91.8. The summed E-state index contributed by atoms with van der Waals surface area (Å²) in [6, 6.07) is 4.67. The SMILES string of the molecule is CCN(C)S(=O)(=O)Nc1ccc(F)c(C(=O)c2cn(C)c3ncc(-c4cnc(N5CCN(C(=O)OC(C)(C)C)CC5)c(S(C)(=O)=O)c4)cc23)c1F. The van der Waals surface area contributed by atoms with Gasteiger partial charge in [-0.2, -0.15) is 12.7 Å². The minimum atomic E-state index is -4.19. The van der Waals surface area contributed by atoms with Gasteiger partial charge in [-0.3, -0.25) is 9.52 Å². The van der Waals surface area contributed by atoms with Crippen molar-refractivity contribution in [2.45, 2.75) is 38.2 Å². The maximum atomic E-state index is 15.7. The number of fused-ring (bicyclic) bond motifs is 1. The van der Waals surface area contributed by atoms with Gasteiger partial charge in [0.15, 0.2) is 15.7 Å². The van der Waals surface area contributed by atoms with E-state index in [0.717, 1.165) is 22.7 Å². The van der Waals surface area contributed by atoms with Crippen molar-refractivity contribution in [3.8, 4) is 11.1 Å². The van der Waals surface area contributed by atoms with Gasteiger partial charge in [-0.25, -0.2) is 32.0 Å². The molecule has 0 bridgehead atoms. The first-order chi connectivity index (χ1) is 23.7. The molecule has 0 saturated carbocycles. The fraction of sp³-hybridized carbons (Fsp3) is 0.394. The highest BCUT2D eigenvalue weighted by molar-refractivity contribution is 7.91. The quantitative estimate of drug-likeness (QED) is 0.245. The highest BCUT2D eigenvalue weighted by atomic mass is 32.2. The number of aryl methyl sites for hydroxylation is 1. The molecule has 4 aromatic rings. The van der Waals surface area contributed by atoms with Crippen molar-refractivity contribution in [2.24, 2.45) is 7.05 Å². The molecule has 1 aliphatic heterocycles. The lowest BCUT2D eigenvalue weighted by atomic mass is 10.00. The van der Waals surface area contributed by atoms with Crippen LogP contribution in [0.3, 0.4) is 0 Å². The topological polar surface area (TPSA) is 164 Å². The predicted molar refractivity (Wildman–Crippen MR) is 188 cm³/mol. The minimum absolute atomic E-state index is 0.0627. The number of ether oxygens (including phenoxy) is 1. The minimum Gasteiger partial charge on any atom is -0.444 e. The molecule has 274 valence electrons. The first-order valence-corrected chi connectivity index (χ1v) is 19.2. The van der Waals surface area contributed by atoms with E-state index in [1.54, 1.807) is 44.5 Å². The summed E-state index contributed by atoms with van der Waals surface area (Å²) in [5, 5.41) is 0.207. The van der Waals surface area contributed by atoms with E-state index < -0.39 is 60.4 Å². The van der Waals surface area contributed by atoms with Crippen LogP contribution >= 0.6 is 0 Å².